The summed E-state index contributed by atoms with van der Waals surface area (Å²) < 4.78 is 18.4. The first-order chi connectivity index (χ1) is 9.06. The molecule has 2 atom stereocenters. The van der Waals surface area contributed by atoms with Gasteiger partial charge in [0.1, 0.15) is 5.82 Å². The van der Waals surface area contributed by atoms with E-state index in [0.29, 0.717) is 5.56 Å². The minimum absolute atomic E-state index is 0.0773. The molecule has 3 nitrogen and oxygen atoms in total. The summed E-state index contributed by atoms with van der Waals surface area (Å²) in [6, 6.07) is 4.64. The van der Waals surface area contributed by atoms with Gasteiger partial charge >= 0.3 is 0 Å². The first-order valence-electron chi connectivity index (χ1n) is 6.81. The van der Waals surface area contributed by atoms with Crippen molar-refractivity contribution in [3.63, 3.8) is 0 Å². The van der Waals surface area contributed by atoms with Crippen molar-refractivity contribution in [1.82, 2.24) is 5.32 Å². The summed E-state index contributed by atoms with van der Waals surface area (Å²) in [5, 5.41) is 13.4. The molecule has 0 heterocycles. The molecule has 1 aromatic carbocycles. The molecular formula is C15H24FNO2. The Kier molecular flexibility index (Phi) is 6.99. The normalized spacial score (nSPS) is 14.4. The predicted octanol–water partition coefficient (Wildman–Crippen LogP) is 2.57. The Morgan fingerprint density at radius 2 is 2.16 bits per heavy atom. The van der Waals surface area contributed by atoms with Gasteiger partial charge in [0.15, 0.2) is 0 Å². The van der Waals surface area contributed by atoms with E-state index in [1.54, 1.807) is 19.1 Å². The Morgan fingerprint density at radius 1 is 1.42 bits per heavy atom. The lowest BCUT2D eigenvalue weighted by Crippen LogP contribution is -2.33. The standard InChI is InChI=1S/C15H24FNO2/c1-4-19-9-5-8-17-12(3)15(18)13-6-7-14(16)11(2)10-13/h6-7,10,12,15,17-18H,4-5,8-9H2,1-3H3. The zero-order chi connectivity index (χ0) is 14.3. The minimum Gasteiger partial charge on any atom is -0.387 e. The lowest BCUT2D eigenvalue weighted by atomic mass is 10.0. The van der Waals surface area contributed by atoms with Crippen molar-refractivity contribution < 1.29 is 14.2 Å². The molecule has 19 heavy (non-hydrogen) atoms. The van der Waals surface area contributed by atoms with Crippen LogP contribution in [0.3, 0.4) is 0 Å². The molecule has 0 aliphatic carbocycles. The van der Waals surface area contributed by atoms with Gasteiger partial charge in [-0.05, 0) is 50.9 Å². The number of aryl methyl sites for hydroxylation is 1. The van der Waals surface area contributed by atoms with Gasteiger partial charge in [-0.2, -0.15) is 0 Å². The molecule has 0 fully saturated rings. The van der Waals surface area contributed by atoms with E-state index in [-0.39, 0.29) is 11.9 Å². The van der Waals surface area contributed by atoms with Crippen LogP contribution in [0.5, 0.6) is 0 Å². The number of aliphatic hydroxyl groups is 1. The van der Waals surface area contributed by atoms with Crippen LogP contribution in [0.2, 0.25) is 0 Å². The molecule has 0 radical (unpaired) electrons. The first kappa shape index (κ1) is 16.1. The third-order valence-corrected chi connectivity index (χ3v) is 3.13. The van der Waals surface area contributed by atoms with Gasteiger partial charge in [-0.1, -0.05) is 12.1 Å². The zero-order valence-corrected chi connectivity index (χ0v) is 11.9. The molecule has 1 rings (SSSR count). The minimum atomic E-state index is -0.633. The second-order valence-electron chi connectivity index (χ2n) is 4.75. The van der Waals surface area contributed by atoms with Gasteiger partial charge in [0.25, 0.3) is 0 Å². The van der Waals surface area contributed by atoms with E-state index < -0.39 is 6.10 Å². The Labute approximate surface area is 114 Å². The summed E-state index contributed by atoms with van der Waals surface area (Å²) in [4.78, 5) is 0. The van der Waals surface area contributed by atoms with E-state index in [1.807, 2.05) is 13.8 Å². The van der Waals surface area contributed by atoms with Crippen molar-refractivity contribution >= 4 is 0 Å². The van der Waals surface area contributed by atoms with Crippen LogP contribution in [0.4, 0.5) is 4.39 Å². The summed E-state index contributed by atoms with van der Waals surface area (Å²) in [5.41, 5.74) is 1.30. The second kappa shape index (κ2) is 8.25. The van der Waals surface area contributed by atoms with E-state index in [1.165, 1.54) is 6.07 Å². The van der Waals surface area contributed by atoms with Gasteiger partial charge in [-0.25, -0.2) is 4.39 Å². The molecule has 0 saturated carbocycles. The summed E-state index contributed by atoms with van der Waals surface area (Å²) in [6.07, 6.45) is 0.277. The Balaban J connectivity index is 2.42. The van der Waals surface area contributed by atoms with Crippen LogP contribution in [-0.2, 0) is 4.74 Å². The van der Waals surface area contributed by atoms with Crippen LogP contribution in [0.25, 0.3) is 0 Å². The first-order valence-corrected chi connectivity index (χ1v) is 6.81. The molecule has 1 aromatic rings. The van der Waals surface area contributed by atoms with Crippen molar-refractivity contribution in [2.45, 2.75) is 39.3 Å². The monoisotopic (exact) mass is 269 g/mol. The number of nitrogens with one attached hydrogen (secondary N) is 1. The number of rotatable bonds is 8. The lowest BCUT2D eigenvalue weighted by molar-refractivity contribution is 0.125. The number of hydrogen-bond acceptors (Lipinski definition) is 3. The Bertz CT molecular complexity index is 384. The van der Waals surface area contributed by atoms with E-state index in [4.69, 9.17) is 4.74 Å². The van der Waals surface area contributed by atoms with Gasteiger partial charge in [0.05, 0.1) is 6.10 Å². The number of halogens is 1. The van der Waals surface area contributed by atoms with E-state index in [9.17, 15) is 9.50 Å². The Morgan fingerprint density at radius 3 is 2.79 bits per heavy atom. The largest absolute Gasteiger partial charge is 0.387 e. The third-order valence-electron chi connectivity index (χ3n) is 3.13. The van der Waals surface area contributed by atoms with Gasteiger partial charge in [0.2, 0.25) is 0 Å². The van der Waals surface area contributed by atoms with Crippen LogP contribution in [0.15, 0.2) is 18.2 Å². The Hall–Kier alpha value is -0.970. The molecule has 0 saturated heterocycles. The summed E-state index contributed by atoms with van der Waals surface area (Å²) in [7, 11) is 0. The maximum Gasteiger partial charge on any atom is 0.126 e. The number of aliphatic hydroxyl groups excluding tert-OH is 1. The van der Waals surface area contributed by atoms with Crippen LogP contribution in [-0.4, -0.2) is 30.9 Å². The van der Waals surface area contributed by atoms with E-state index in [2.05, 4.69) is 5.32 Å². The molecule has 0 aliphatic rings. The average molecular weight is 269 g/mol. The van der Waals surface area contributed by atoms with Crippen molar-refractivity contribution in [1.29, 1.82) is 0 Å². The van der Waals surface area contributed by atoms with Gasteiger partial charge < -0.3 is 15.2 Å². The average Bonchev–Trinajstić information content (AvgIpc) is 2.40. The molecule has 4 heteroatoms. The SMILES string of the molecule is CCOCCCNC(C)C(O)c1ccc(F)c(C)c1. The van der Waals surface area contributed by atoms with Crippen molar-refractivity contribution in [3.05, 3.63) is 35.1 Å². The van der Waals surface area contributed by atoms with Crippen molar-refractivity contribution in [2.24, 2.45) is 0 Å². The van der Waals surface area contributed by atoms with Crippen LogP contribution in [0.1, 0.15) is 37.5 Å². The summed E-state index contributed by atoms with van der Waals surface area (Å²) in [5.74, 6) is -0.242. The fourth-order valence-electron chi connectivity index (χ4n) is 1.90. The number of hydrogen-bond donors (Lipinski definition) is 2. The molecule has 0 spiro atoms. The smallest absolute Gasteiger partial charge is 0.126 e. The van der Waals surface area contributed by atoms with Gasteiger partial charge in [0, 0.05) is 19.3 Å². The number of ether oxygens (including phenoxy) is 1. The van der Waals surface area contributed by atoms with Crippen molar-refractivity contribution in [3.8, 4) is 0 Å². The maximum absolute atomic E-state index is 13.2. The molecule has 108 valence electrons. The van der Waals surface area contributed by atoms with Crippen LogP contribution >= 0.6 is 0 Å². The fourth-order valence-corrected chi connectivity index (χ4v) is 1.90. The zero-order valence-electron chi connectivity index (χ0n) is 11.9. The molecule has 2 unspecified atom stereocenters. The fraction of sp³-hybridized carbons (Fsp3) is 0.600. The molecule has 2 N–H and O–H groups in total. The second-order valence-corrected chi connectivity index (χ2v) is 4.75. The molecule has 0 aliphatic heterocycles. The maximum atomic E-state index is 13.2. The molecule has 0 bridgehead atoms. The third kappa shape index (κ3) is 5.27. The predicted molar refractivity (Wildman–Crippen MR) is 74.7 cm³/mol. The van der Waals surface area contributed by atoms with Gasteiger partial charge in [-0.3, -0.25) is 0 Å². The van der Waals surface area contributed by atoms with Crippen LogP contribution < -0.4 is 5.32 Å². The van der Waals surface area contributed by atoms with E-state index in [0.717, 1.165) is 31.7 Å². The molecular weight excluding hydrogens is 245 g/mol. The quantitative estimate of drug-likeness (QED) is 0.713. The van der Waals surface area contributed by atoms with Crippen molar-refractivity contribution in [2.75, 3.05) is 19.8 Å². The highest BCUT2D eigenvalue weighted by molar-refractivity contribution is 5.26. The summed E-state index contributed by atoms with van der Waals surface area (Å²) >= 11 is 0. The highest BCUT2D eigenvalue weighted by Crippen LogP contribution is 2.19. The highest BCUT2D eigenvalue weighted by Gasteiger charge is 2.16. The highest BCUT2D eigenvalue weighted by atomic mass is 19.1. The molecule has 0 amide bonds. The lowest BCUT2D eigenvalue weighted by Gasteiger charge is -2.21. The molecule has 0 aromatic heterocycles. The van der Waals surface area contributed by atoms with Gasteiger partial charge in [-0.15, -0.1) is 0 Å². The summed E-state index contributed by atoms with van der Waals surface area (Å²) in [6.45, 7) is 7.83. The van der Waals surface area contributed by atoms with Crippen LogP contribution in [0, 0.1) is 12.7 Å². The topological polar surface area (TPSA) is 41.5 Å². The van der Waals surface area contributed by atoms with E-state index >= 15 is 0 Å². The number of benzene rings is 1.